The normalized spacial score (nSPS) is 27.6. The number of hydrogen-bond donors (Lipinski definition) is 2. The summed E-state index contributed by atoms with van der Waals surface area (Å²) in [5.74, 6) is 0.538. The van der Waals surface area contributed by atoms with Gasteiger partial charge in [-0.05, 0) is 37.2 Å². The number of piperidine rings is 1. The number of carbonyl (C=O) groups is 2. The highest BCUT2D eigenvalue weighted by Crippen LogP contribution is 2.32. The van der Waals surface area contributed by atoms with Gasteiger partial charge in [-0.3, -0.25) is 14.5 Å². The first-order valence-corrected chi connectivity index (χ1v) is 10.7. The molecule has 2 atom stereocenters. The number of rotatable bonds is 6. The van der Waals surface area contributed by atoms with E-state index in [9.17, 15) is 9.59 Å². The lowest BCUT2D eigenvalue weighted by atomic mass is 9.89. The van der Waals surface area contributed by atoms with E-state index in [0.29, 0.717) is 24.4 Å². The molecular weight excluding hydrogens is 352 g/mol. The molecule has 3 aliphatic heterocycles. The summed E-state index contributed by atoms with van der Waals surface area (Å²) in [7, 11) is 0. The number of nitrogens with zero attached hydrogens (tertiary/aromatic N) is 2. The third-order valence-corrected chi connectivity index (χ3v) is 6.46. The van der Waals surface area contributed by atoms with Gasteiger partial charge in [0.25, 0.3) is 0 Å². The number of fused-ring (bicyclic) bond motifs is 2. The zero-order valence-electron chi connectivity index (χ0n) is 16.6. The van der Waals surface area contributed by atoms with Crippen LogP contribution in [0.15, 0.2) is 30.3 Å². The van der Waals surface area contributed by atoms with Crippen molar-refractivity contribution in [1.82, 2.24) is 20.4 Å². The molecule has 152 valence electrons. The maximum Gasteiger partial charge on any atom is 0.242 e. The summed E-state index contributed by atoms with van der Waals surface area (Å²) in [6.45, 7) is 4.30. The number of hydrogen-bond acceptors (Lipinski definition) is 4. The van der Waals surface area contributed by atoms with E-state index in [4.69, 9.17) is 0 Å². The molecular formula is C22H32N4O2. The van der Waals surface area contributed by atoms with Crippen LogP contribution in [0.2, 0.25) is 0 Å². The molecule has 2 amide bonds. The Labute approximate surface area is 167 Å². The summed E-state index contributed by atoms with van der Waals surface area (Å²) in [4.78, 5) is 29.0. The van der Waals surface area contributed by atoms with Crippen LogP contribution < -0.4 is 10.6 Å². The highest BCUT2D eigenvalue weighted by atomic mass is 16.2. The van der Waals surface area contributed by atoms with Crippen LogP contribution in [0.5, 0.6) is 0 Å². The van der Waals surface area contributed by atoms with Crippen LogP contribution in [-0.4, -0.2) is 66.4 Å². The smallest absolute Gasteiger partial charge is 0.242 e. The first-order valence-electron chi connectivity index (χ1n) is 10.7. The molecule has 1 aromatic rings. The zero-order valence-corrected chi connectivity index (χ0v) is 16.6. The van der Waals surface area contributed by atoms with Crippen molar-refractivity contribution in [3.63, 3.8) is 0 Å². The summed E-state index contributed by atoms with van der Waals surface area (Å²) in [6.07, 6.45) is 5.25. The van der Waals surface area contributed by atoms with Gasteiger partial charge >= 0.3 is 0 Å². The van der Waals surface area contributed by atoms with E-state index in [1.54, 1.807) is 0 Å². The van der Waals surface area contributed by atoms with Gasteiger partial charge in [0.05, 0.1) is 6.54 Å². The van der Waals surface area contributed by atoms with Crippen molar-refractivity contribution in [2.24, 2.45) is 5.92 Å². The van der Waals surface area contributed by atoms with Gasteiger partial charge in [0.2, 0.25) is 11.8 Å². The molecule has 0 aliphatic carbocycles. The summed E-state index contributed by atoms with van der Waals surface area (Å²) >= 11 is 0. The summed E-state index contributed by atoms with van der Waals surface area (Å²) in [5, 5.41) is 6.47. The van der Waals surface area contributed by atoms with Crippen molar-refractivity contribution in [2.75, 3.05) is 32.7 Å². The van der Waals surface area contributed by atoms with Crippen molar-refractivity contribution in [3.8, 4) is 0 Å². The largest absolute Gasteiger partial charge is 0.347 e. The van der Waals surface area contributed by atoms with Gasteiger partial charge < -0.3 is 15.5 Å². The average molecular weight is 385 g/mol. The van der Waals surface area contributed by atoms with Crippen LogP contribution in [0, 0.1) is 5.92 Å². The highest BCUT2D eigenvalue weighted by molar-refractivity contribution is 5.84. The number of piperazine rings is 1. The van der Waals surface area contributed by atoms with E-state index in [-0.39, 0.29) is 18.4 Å². The lowest BCUT2D eigenvalue weighted by Gasteiger charge is -2.35. The van der Waals surface area contributed by atoms with Crippen LogP contribution in [0.25, 0.3) is 0 Å². The molecule has 0 aromatic heterocycles. The summed E-state index contributed by atoms with van der Waals surface area (Å²) in [5.41, 5.74) is 1.31. The molecule has 0 saturated carbocycles. The topological polar surface area (TPSA) is 64.7 Å². The monoisotopic (exact) mass is 384 g/mol. The minimum Gasteiger partial charge on any atom is -0.347 e. The predicted molar refractivity (Wildman–Crippen MR) is 109 cm³/mol. The second kappa shape index (κ2) is 9.05. The lowest BCUT2D eigenvalue weighted by molar-refractivity contribution is -0.134. The molecule has 28 heavy (non-hydrogen) atoms. The maximum atomic E-state index is 12.5. The van der Waals surface area contributed by atoms with Gasteiger partial charge in [-0.25, -0.2) is 0 Å². The van der Waals surface area contributed by atoms with E-state index in [1.807, 2.05) is 11.0 Å². The van der Waals surface area contributed by atoms with Gasteiger partial charge in [-0.1, -0.05) is 30.3 Å². The van der Waals surface area contributed by atoms with Crippen LogP contribution in [0.1, 0.15) is 37.7 Å². The van der Waals surface area contributed by atoms with Gasteiger partial charge in [0, 0.05) is 51.2 Å². The van der Waals surface area contributed by atoms with Crippen molar-refractivity contribution in [2.45, 2.75) is 50.7 Å². The molecule has 0 spiro atoms. The molecule has 3 heterocycles. The van der Waals surface area contributed by atoms with E-state index in [1.165, 1.54) is 18.4 Å². The second-order valence-corrected chi connectivity index (χ2v) is 8.60. The lowest BCUT2D eigenvalue weighted by Crippen LogP contribution is -2.51. The Bertz CT molecular complexity index is 660. The van der Waals surface area contributed by atoms with Gasteiger partial charge in [0.1, 0.15) is 0 Å². The van der Waals surface area contributed by atoms with Gasteiger partial charge in [-0.2, -0.15) is 0 Å². The zero-order chi connectivity index (χ0) is 19.3. The van der Waals surface area contributed by atoms with Gasteiger partial charge in [-0.15, -0.1) is 0 Å². The fraction of sp³-hybridized carbons (Fsp3) is 0.636. The molecule has 4 rings (SSSR count). The second-order valence-electron chi connectivity index (χ2n) is 8.60. The first-order chi connectivity index (χ1) is 13.7. The highest BCUT2D eigenvalue weighted by Gasteiger charge is 2.34. The Kier molecular flexibility index (Phi) is 6.27. The fourth-order valence-corrected chi connectivity index (χ4v) is 4.96. The Morgan fingerprint density at radius 1 is 1.00 bits per heavy atom. The quantitative estimate of drug-likeness (QED) is 0.778. The standard InChI is InChI=1S/C22H32N4O2/c27-21(14-18-12-19-6-7-20(13-18)24-19)23-15-22(28)26-10-8-25(9-11-26)16-17-4-2-1-3-5-17/h1-5,18-20,24H,6-16H2,(H,23,27). The molecule has 1 aromatic carbocycles. The summed E-state index contributed by atoms with van der Waals surface area (Å²) < 4.78 is 0. The van der Waals surface area contributed by atoms with E-state index in [0.717, 1.165) is 45.6 Å². The Balaban J connectivity index is 1.14. The van der Waals surface area contributed by atoms with E-state index < -0.39 is 0 Å². The molecule has 3 fully saturated rings. The molecule has 0 radical (unpaired) electrons. The SMILES string of the molecule is O=C(CC1CC2CCC(C1)N2)NCC(=O)N1CCN(Cc2ccccc2)CC1. The van der Waals surface area contributed by atoms with Crippen molar-refractivity contribution in [1.29, 1.82) is 0 Å². The third kappa shape index (κ3) is 5.11. The number of carbonyl (C=O) groups excluding carboxylic acids is 2. The maximum absolute atomic E-state index is 12.5. The van der Waals surface area contributed by atoms with Crippen molar-refractivity contribution >= 4 is 11.8 Å². The average Bonchev–Trinajstić information content (AvgIpc) is 3.05. The first kappa shape index (κ1) is 19.4. The van der Waals surface area contributed by atoms with Crippen LogP contribution >= 0.6 is 0 Å². The Hall–Kier alpha value is -1.92. The molecule has 3 saturated heterocycles. The Morgan fingerprint density at radius 3 is 2.36 bits per heavy atom. The Morgan fingerprint density at radius 2 is 1.68 bits per heavy atom. The fourth-order valence-electron chi connectivity index (χ4n) is 4.96. The van der Waals surface area contributed by atoms with E-state index in [2.05, 4.69) is 39.8 Å². The minimum atomic E-state index is 0.0300. The predicted octanol–water partition coefficient (Wildman–Crippen LogP) is 1.37. The van der Waals surface area contributed by atoms with Gasteiger partial charge in [0.15, 0.2) is 0 Å². The molecule has 2 N–H and O–H groups in total. The molecule has 2 bridgehead atoms. The van der Waals surface area contributed by atoms with E-state index >= 15 is 0 Å². The number of benzene rings is 1. The van der Waals surface area contributed by atoms with Crippen molar-refractivity contribution in [3.05, 3.63) is 35.9 Å². The molecule has 6 heteroatoms. The molecule has 6 nitrogen and oxygen atoms in total. The van der Waals surface area contributed by atoms with Crippen molar-refractivity contribution < 1.29 is 9.59 Å². The molecule has 3 aliphatic rings. The van der Waals surface area contributed by atoms with Crippen LogP contribution in [0.4, 0.5) is 0 Å². The van der Waals surface area contributed by atoms with Crippen LogP contribution in [0.3, 0.4) is 0 Å². The summed E-state index contributed by atoms with van der Waals surface area (Å²) in [6, 6.07) is 11.6. The molecule has 2 unspecified atom stereocenters. The van der Waals surface area contributed by atoms with Crippen LogP contribution in [-0.2, 0) is 16.1 Å². The minimum absolute atomic E-state index is 0.0300. The third-order valence-electron chi connectivity index (χ3n) is 6.46. The number of amides is 2. The number of nitrogens with one attached hydrogen (secondary N) is 2.